The Morgan fingerprint density at radius 1 is 1.20 bits per heavy atom. The normalized spacial score (nSPS) is 15.5. The fraction of sp³-hybridized carbons (Fsp3) is 0.167. The van der Waals surface area contributed by atoms with Gasteiger partial charge in [0, 0.05) is 5.02 Å². The Kier molecular flexibility index (Phi) is 2.97. The summed E-state index contributed by atoms with van der Waals surface area (Å²) in [6, 6.07) is 7.23. The zero-order chi connectivity index (χ0) is 10.7. The Bertz CT molecular complexity index is 406. The number of hydrogen-bond donors (Lipinski definition) is 1. The van der Waals surface area contributed by atoms with E-state index in [0.717, 1.165) is 30.0 Å². The highest BCUT2D eigenvalue weighted by Crippen LogP contribution is 2.21. The SMILES string of the molecule is NC1=C(Oc2ccc(Cl)cc2)C=CCC1. The summed E-state index contributed by atoms with van der Waals surface area (Å²) in [6.07, 6.45) is 5.81. The van der Waals surface area contributed by atoms with Crippen LogP contribution >= 0.6 is 11.6 Å². The minimum atomic E-state index is 0.698. The van der Waals surface area contributed by atoms with Crippen LogP contribution < -0.4 is 10.5 Å². The summed E-state index contributed by atoms with van der Waals surface area (Å²) in [5, 5.41) is 0.698. The Hall–Kier alpha value is -1.41. The molecule has 2 N–H and O–H groups in total. The van der Waals surface area contributed by atoms with Crippen LogP contribution in [0.1, 0.15) is 12.8 Å². The lowest BCUT2D eigenvalue weighted by atomic mass is 10.1. The number of ether oxygens (including phenoxy) is 1. The second-order valence-corrected chi connectivity index (χ2v) is 3.82. The van der Waals surface area contributed by atoms with Crippen LogP contribution in [0.3, 0.4) is 0 Å². The van der Waals surface area contributed by atoms with Gasteiger partial charge in [-0.2, -0.15) is 0 Å². The van der Waals surface area contributed by atoms with Crippen LogP contribution in [0.5, 0.6) is 5.75 Å². The Morgan fingerprint density at radius 2 is 1.93 bits per heavy atom. The van der Waals surface area contributed by atoms with Gasteiger partial charge >= 0.3 is 0 Å². The van der Waals surface area contributed by atoms with E-state index in [0.29, 0.717) is 5.02 Å². The predicted octanol–water partition coefficient (Wildman–Crippen LogP) is 3.24. The fourth-order valence-electron chi connectivity index (χ4n) is 1.39. The molecule has 15 heavy (non-hydrogen) atoms. The minimum Gasteiger partial charge on any atom is -0.456 e. The van der Waals surface area contributed by atoms with Gasteiger partial charge < -0.3 is 10.5 Å². The summed E-state index contributed by atoms with van der Waals surface area (Å²) >= 11 is 5.78. The summed E-state index contributed by atoms with van der Waals surface area (Å²) in [4.78, 5) is 0. The van der Waals surface area contributed by atoms with Crippen molar-refractivity contribution < 1.29 is 4.74 Å². The zero-order valence-corrected chi connectivity index (χ0v) is 9.00. The highest BCUT2D eigenvalue weighted by molar-refractivity contribution is 6.30. The molecule has 1 aromatic carbocycles. The van der Waals surface area contributed by atoms with E-state index >= 15 is 0 Å². The lowest BCUT2D eigenvalue weighted by Crippen LogP contribution is -2.08. The molecule has 0 saturated heterocycles. The molecule has 78 valence electrons. The van der Waals surface area contributed by atoms with Gasteiger partial charge in [0.05, 0.1) is 5.70 Å². The molecule has 2 nitrogen and oxygen atoms in total. The third-order valence-electron chi connectivity index (χ3n) is 2.21. The van der Waals surface area contributed by atoms with E-state index in [4.69, 9.17) is 22.1 Å². The van der Waals surface area contributed by atoms with Crippen molar-refractivity contribution in [2.75, 3.05) is 0 Å². The molecule has 0 bridgehead atoms. The van der Waals surface area contributed by atoms with E-state index < -0.39 is 0 Å². The first-order chi connectivity index (χ1) is 7.25. The number of allylic oxidation sites excluding steroid dienone is 3. The second kappa shape index (κ2) is 4.41. The molecule has 0 heterocycles. The van der Waals surface area contributed by atoms with Crippen LogP contribution in [0.4, 0.5) is 0 Å². The molecule has 0 radical (unpaired) electrons. The number of hydrogen-bond acceptors (Lipinski definition) is 2. The quantitative estimate of drug-likeness (QED) is 0.832. The summed E-state index contributed by atoms with van der Waals surface area (Å²) in [6.45, 7) is 0. The largest absolute Gasteiger partial charge is 0.456 e. The first-order valence-corrected chi connectivity index (χ1v) is 5.22. The average molecular weight is 222 g/mol. The third-order valence-corrected chi connectivity index (χ3v) is 2.46. The molecule has 0 atom stereocenters. The molecule has 0 aliphatic heterocycles. The van der Waals surface area contributed by atoms with Crippen molar-refractivity contribution in [3.8, 4) is 5.75 Å². The monoisotopic (exact) mass is 221 g/mol. The molecule has 2 rings (SSSR count). The molecule has 0 amide bonds. The van der Waals surface area contributed by atoms with Gasteiger partial charge in [-0.15, -0.1) is 0 Å². The number of halogens is 1. The molecule has 0 unspecified atom stereocenters. The Morgan fingerprint density at radius 3 is 2.60 bits per heavy atom. The average Bonchev–Trinajstić information content (AvgIpc) is 2.25. The molecule has 3 heteroatoms. The Balaban J connectivity index is 2.15. The van der Waals surface area contributed by atoms with Gasteiger partial charge in [-0.3, -0.25) is 0 Å². The van der Waals surface area contributed by atoms with Crippen molar-refractivity contribution in [1.82, 2.24) is 0 Å². The molecule has 1 aliphatic rings. The predicted molar refractivity (Wildman–Crippen MR) is 61.7 cm³/mol. The summed E-state index contributed by atoms with van der Waals surface area (Å²) in [7, 11) is 0. The van der Waals surface area contributed by atoms with E-state index in [-0.39, 0.29) is 0 Å². The fourth-order valence-corrected chi connectivity index (χ4v) is 1.51. The van der Waals surface area contributed by atoms with Crippen LogP contribution in [0.15, 0.2) is 47.9 Å². The van der Waals surface area contributed by atoms with Crippen molar-refractivity contribution >= 4 is 11.6 Å². The summed E-state index contributed by atoms with van der Waals surface area (Å²) < 4.78 is 5.63. The van der Waals surface area contributed by atoms with Gasteiger partial charge in [-0.25, -0.2) is 0 Å². The maximum atomic E-state index is 5.83. The Labute approximate surface area is 94.0 Å². The first-order valence-electron chi connectivity index (χ1n) is 4.84. The van der Waals surface area contributed by atoms with E-state index in [1.807, 2.05) is 18.2 Å². The van der Waals surface area contributed by atoms with Crippen molar-refractivity contribution in [2.24, 2.45) is 5.73 Å². The number of nitrogens with two attached hydrogens (primary N) is 1. The molecule has 1 aromatic rings. The van der Waals surface area contributed by atoms with Crippen LogP contribution in [-0.4, -0.2) is 0 Å². The van der Waals surface area contributed by atoms with Crippen LogP contribution in [0.2, 0.25) is 5.02 Å². The standard InChI is InChI=1S/C12H12ClNO/c13-9-5-7-10(8-6-9)15-12-4-2-1-3-11(12)14/h2,4-8H,1,3,14H2. The topological polar surface area (TPSA) is 35.2 Å². The smallest absolute Gasteiger partial charge is 0.145 e. The van der Waals surface area contributed by atoms with Gasteiger partial charge in [-0.05, 0) is 43.2 Å². The van der Waals surface area contributed by atoms with Crippen LogP contribution in [-0.2, 0) is 0 Å². The molecule has 0 saturated carbocycles. The summed E-state index contributed by atoms with van der Waals surface area (Å²) in [5.74, 6) is 1.49. The summed E-state index contributed by atoms with van der Waals surface area (Å²) in [5.41, 5.74) is 6.63. The molecule has 0 spiro atoms. The van der Waals surface area contributed by atoms with Gasteiger partial charge in [0.1, 0.15) is 11.5 Å². The van der Waals surface area contributed by atoms with E-state index in [1.165, 1.54) is 0 Å². The lowest BCUT2D eigenvalue weighted by Gasteiger charge is -2.13. The van der Waals surface area contributed by atoms with Crippen molar-refractivity contribution in [2.45, 2.75) is 12.8 Å². The van der Waals surface area contributed by atoms with Crippen LogP contribution in [0.25, 0.3) is 0 Å². The van der Waals surface area contributed by atoms with E-state index in [2.05, 4.69) is 6.08 Å². The molecule has 1 aliphatic carbocycles. The minimum absolute atomic E-state index is 0.698. The molecule has 0 fully saturated rings. The van der Waals surface area contributed by atoms with Crippen molar-refractivity contribution in [3.05, 3.63) is 52.9 Å². The number of rotatable bonds is 2. The van der Waals surface area contributed by atoms with Gasteiger partial charge in [0.2, 0.25) is 0 Å². The highest BCUT2D eigenvalue weighted by atomic mass is 35.5. The zero-order valence-electron chi connectivity index (χ0n) is 8.24. The van der Waals surface area contributed by atoms with Crippen LogP contribution in [0, 0.1) is 0 Å². The maximum Gasteiger partial charge on any atom is 0.145 e. The van der Waals surface area contributed by atoms with Gasteiger partial charge in [0.15, 0.2) is 0 Å². The first kappa shape index (κ1) is 10.1. The molecular weight excluding hydrogens is 210 g/mol. The van der Waals surface area contributed by atoms with E-state index in [1.54, 1.807) is 12.1 Å². The van der Waals surface area contributed by atoms with Crippen molar-refractivity contribution in [1.29, 1.82) is 0 Å². The van der Waals surface area contributed by atoms with Gasteiger partial charge in [0.25, 0.3) is 0 Å². The highest BCUT2D eigenvalue weighted by Gasteiger charge is 2.06. The van der Waals surface area contributed by atoms with Gasteiger partial charge in [-0.1, -0.05) is 17.7 Å². The van der Waals surface area contributed by atoms with E-state index in [9.17, 15) is 0 Å². The van der Waals surface area contributed by atoms with Crippen molar-refractivity contribution in [3.63, 3.8) is 0 Å². The lowest BCUT2D eigenvalue weighted by molar-refractivity contribution is 0.431. The second-order valence-electron chi connectivity index (χ2n) is 3.39. The number of benzene rings is 1. The molecule has 0 aromatic heterocycles. The third kappa shape index (κ3) is 2.54. The molecular formula is C12H12ClNO. The maximum absolute atomic E-state index is 5.83.